The highest BCUT2D eigenvalue weighted by Gasteiger charge is 2.30. The number of nitrogens with zero attached hydrogens (tertiary/aromatic N) is 1. The van der Waals surface area contributed by atoms with E-state index in [0.717, 1.165) is 25.9 Å². The Kier molecular flexibility index (Phi) is 5.54. The van der Waals surface area contributed by atoms with E-state index in [1.54, 1.807) is 13.2 Å². The molecular formula is C11H19NO3. The molecule has 4 nitrogen and oxygen atoms in total. The zero-order valence-electron chi connectivity index (χ0n) is 9.44. The molecule has 15 heavy (non-hydrogen) atoms. The van der Waals surface area contributed by atoms with Gasteiger partial charge in [-0.15, -0.1) is 0 Å². The van der Waals surface area contributed by atoms with Gasteiger partial charge in [-0.2, -0.15) is 0 Å². The summed E-state index contributed by atoms with van der Waals surface area (Å²) in [6, 6.07) is 0. The first-order chi connectivity index (χ1) is 7.31. The molecule has 4 heteroatoms. The van der Waals surface area contributed by atoms with Gasteiger partial charge in [-0.3, -0.25) is 0 Å². The Morgan fingerprint density at radius 3 is 2.80 bits per heavy atom. The molecule has 86 valence electrons. The van der Waals surface area contributed by atoms with Gasteiger partial charge in [0.1, 0.15) is 0 Å². The Morgan fingerprint density at radius 1 is 1.40 bits per heavy atom. The Hall–Kier alpha value is -0.700. The van der Waals surface area contributed by atoms with Crippen molar-refractivity contribution < 1.29 is 14.3 Å². The summed E-state index contributed by atoms with van der Waals surface area (Å²) in [5, 5.41) is 0. The lowest BCUT2D eigenvalue weighted by atomic mass is 9.85. The van der Waals surface area contributed by atoms with Crippen LogP contribution >= 0.6 is 0 Å². The Labute approximate surface area is 90.7 Å². The number of methoxy groups -OCH3 is 1. The van der Waals surface area contributed by atoms with Crippen molar-refractivity contribution in [1.82, 2.24) is 0 Å². The molecule has 3 atom stereocenters. The average molecular weight is 213 g/mol. The smallest absolute Gasteiger partial charge is 0.234 e. The molecule has 3 unspecified atom stereocenters. The van der Waals surface area contributed by atoms with Crippen LogP contribution in [-0.4, -0.2) is 38.5 Å². The van der Waals surface area contributed by atoms with E-state index >= 15 is 0 Å². The third-order valence-electron chi connectivity index (χ3n) is 2.94. The predicted molar refractivity (Wildman–Crippen MR) is 56.5 cm³/mol. The van der Waals surface area contributed by atoms with E-state index in [1.807, 2.05) is 6.92 Å². The van der Waals surface area contributed by atoms with Gasteiger partial charge in [0.05, 0.1) is 18.8 Å². The minimum absolute atomic E-state index is 0.144. The van der Waals surface area contributed by atoms with E-state index in [1.165, 1.54) is 0 Å². The number of ether oxygens (including phenoxy) is 2. The molecule has 0 radical (unpaired) electrons. The molecule has 0 amide bonds. The van der Waals surface area contributed by atoms with Crippen molar-refractivity contribution >= 4 is 6.08 Å². The van der Waals surface area contributed by atoms with Crippen molar-refractivity contribution in [1.29, 1.82) is 0 Å². The molecular weight excluding hydrogens is 194 g/mol. The molecule has 1 rings (SSSR count). The summed E-state index contributed by atoms with van der Waals surface area (Å²) in [6.07, 6.45) is 4.90. The van der Waals surface area contributed by atoms with Gasteiger partial charge in [0.2, 0.25) is 6.08 Å². The minimum Gasteiger partial charge on any atom is -0.379 e. The molecule has 1 saturated carbocycles. The summed E-state index contributed by atoms with van der Waals surface area (Å²) >= 11 is 0. The first kappa shape index (κ1) is 12.4. The molecule has 0 saturated heterocycles. The normalized spacial score (nSPS) is 30.9. The van der Waals surface area contributed by atoms with Crippen molar-refractivity contribution in [3.05, 3.63) is 0 Å². The molecule has 0 spiro atoms. The van der Waals surface area contributed by atoms with E-state index in [0.29, 0.717) is 12.5 Å². The first-order valence-electron chi connectivity index (χ1n) is 5.49. The SMILES string of the molecule is CCOC1CCC(CN=C=O)CC1OC. The van der Waals surface area contributed by atoms with Gasteiger partial charge in [-0.05, 0) is 32.1 Å². The summed E-state index contributed by atoms with van der Waals surface area (Å²) in [5.74, 6) is 0.438. The molecule has 0 aliphatic heterocycles. The summed E-state index contributed by atoms with van der Waals surface area (Å²) in [4.78, 5) is 13.7. The standard InChI is InChI=1S/C11H19NO3/c1-3-15-10-5-4-9(7-12-8-13)6-11(10)14-2/h9-11H,3-7H2,1-2H3. The van der Waals surface area contributed by atoms with Crippen LogP contribution in [0.25, 0.3) is 0 Å². The second-order valence-corrected chi connectivity index (χ2v) is 3.88. The molecule has 0 N–H and O–H groups in total. The second kappa shape index (κ2) is 6.72. The predicted octanol–water partition coefficient (Wildman–Crippen LogP) is 1.54. The fourth-order valence-corrected chi connectivity index (χ4v) is 2.17. The van der Waals surface area contributed by atoms with Crippen LogP contribution in [-0.2, 0) is 14.3 Å². The second-order valence-electron chi connectivity index (χ2n) is 3.88. The van der Waals surface area contributed by atoms with Gasteiger partial charge in [0.25, 0.3) is 0 Å². The van der Waals surface area contributed by atoms with Gasteiger partial charge >= 0.3 is 0 Å². The van der Waals surface area contributed by atoms with Crippen LogP contribution in [0.5, 0.6) is 0 Å². The number of aliphatic imine (C=N–C) groups is 1. The Bertz CT molecular complexity index is 226. The molecule has 0 bridgehead atoms. The van der Waals surface area contributed by atoms with Crippen molar-refractivity contribution in [2.75, 3.05) is 20.3 Å². The summed E-state index contributed by atoms with van der Waals surface area (Å²) < 4.78 is 11.0. The number of hydrogen-bond acceptors (Lipinski definition) is 4. The highest BCUT2D eigenvalue weighted by atomic mass is 16.5. The lowest BCUT2D eigenvalue weighted by molar-refractivity contribution is -0.0832. The molecule has 0 aromatic carbocycles. The minimum atomic E-state index is 0.144. The number of carbonyl (C=O) groups excluding carboxylic acids is 1. The Morgan fingerprint density at radius 2 is 2.20 bits per heavy atom. The molecule has 0 heterocycles. The van der Waals surface area contributed by atoms with Gasteiger partial charge in [0.15, 0.2) is 0 Å². The van der Waals surface area contributed by atoms with E-state index in [2.05, 4.69) is 4.99 Å². The maximum absolute atomic E-state index is 10.0. The number of rotatable bonds is 5. The van der Waals surface area contributed by atoms with Crippen LogP contribution in [0.15, 0.2) is 4.99 Å². The largest absolute Gasteiger partial charge is 0.379 e. The monoisotopic (exact) mass is 213 g/mol. The van der Waals surface area contributed by atoms with E-state index < -0.39 is 0 Å². The molecule has 0 aromatic heterocycles. The van der Waals surface area contributed by atoms with Gasteiger partial charge in [-0.1, -0.05) is 0 Å². The highest BCUT2D eigenvalue weighted by molar-refractivity contribution is 5.32. The first-order valence-corrected chi connectivity index (χ1v) is 5.49. The number of hydrogen-bond donors (Lipinski definition) is 0. The van der Waals surface area contributed by atoms with Crippen LogP contribution in [0.3, 0.4) is 0 Å². The van der Waals surface area contributed by atoms with E-state index in [4.69, 9.17) is 9.47 Å². The van der Waals surface area contributed by atoms with Crippen LogP contribution < -0.4 is 0 Å². The maximum atomic E-state index is 10.0. The van der Waals surface area contributed by atoms with Crippen LogP contribution in [0.4, 0.5) is 0 Å². The number of isocyanates is 1. The summed E-state index contributed by atoms with van der Waals surface area (Å²) in [7, 11) is 1.71. The topological polar surface area (TPSA) is 47.9 Å². The van der Waals surface area contributed by atoms with Gasteiger partial charge < -0.3 is 9.47 Å². The molecule has 1 fully saturated rings. The summed E-state index contributed by atoms with van der Waals surface area (Å²) in [5.41, 5.74) is 0. The lowest BCUT2D eigenvalue weighted by Crippen LogP contribution is -2.38. The molecule has 1 aliphatic rings. The van der Waals surface area contributed by atoms with Crippen molar-refractivity contribution in [3.63, 3.8) is 0 Å². The van der Waals surface area contributed by atoms with Gasteiger partial charge in [-0.25, -0.2) is 9.79 Å². The third-order valence-corrected chi connectivity index (χ3v) is 2.94. The van der Waals surface area contributed by atoms with Crippen LogP contribution in [0.2, 0.25) is 0 Å². The van der Waals surface area contributed by atoms with Crippen molar-refractivity contribution in [2.45, 2.75) is 38.4 Å². The lowest BCUT2D eigenvalue weighted by Gasteiger charge is -2.34. The molecule has 1 aliphatic carbocycles. The van der Waals surface area contributed by atoms with E-state index in [9.17, 15) is 4.79 Å². The van der Waals surface area contributed by atoms with E-state index in [-0.39, 0.29) is 12.2 Å². The fraction of sp³-hybridized carbons (Fsp3) is 0.909. The van der Waals surface area contributed by atoms with Crippen molar-refractivity contribution in [2.24, 2.45) is 10.9 Å². The van der Waals surface area contributed by atoms with Crippen molar-refractivity contribution in [3.8, 4) is 0 Å². The van der Waals surface area contributed by atoms with Crippen LogP contribution in [0, 0.1) is 5.92 Å². The zero-order chi connectivity index (χ0) is 11.1. The highest BCUT2D eigenvalue weighted by Crippen LogP contribution is 2.28. The Balaban J connectivity index is 2.43. The average Bonchev–Trinajstić information content (AvgIpc) is 2.28. The quantitative estimate of drug-likeness (QED) is 0.514. The zero-order valence-corrected chi connectivity index (χ0v) is 9.44. The van der Waals surface area contributed by atoms with Gasteiger partial charge in [0, 0.05) is 13.7 Å². The third kappa shape index (κ3) is 3.74. The fourth-order valence-electron chi connectivity index (χ4n) is 2.17. The summed E-state index contributed by atoms with van der Waals surface area (Å²) in [6.45, 7) is 3.29. The van der Waals surface area contributed by atoms with Crippen LogP contribution in [0.1, 0.15) is 26.2 Å². The molecule has 0 aromatic rings. The maximum Gasteiger partial charge on any atom is 0.234 e.